The molecule has 0 unspecified atom stereocenters. The number of rotatable bonds is 3. The quantitative estimate of drug-likeness (QED) is 0.270. The number of cyclic esters (lactones) is 2. The van der Waals surface area contributed by atoms with E-state index in [9.17, 15) is 32.9 Å². The van der Waals surface area contributed by atoms with Crippen LogP contribution in [0.25, 0.3) is 0 Å². The summed E-state index contributed by atoms with van der Waals surface area (Å²) in [5, 5.41) is 10.9. The zero-order valence-corrected chi connectivity index (χ0v) is 12.9. The van der Waals surface area contributed by atoms with Crippen molar-refractivity contribution in [2.75, 3.05) is 0 Å². The Bertz CT molecular complexity index is 752. The highest BCUT2D eigenvalue weighted by Crippen LogP contribution is 2.36. The second kappa shape index (κ2) is 6.15. The molecule has 1 aromatic carbocycles. The lowest BCUT2D eigenvalue weighted by Gasteiger charge is -2.31. The van der Waals surface area contributed by atoms with Gasteiger partial charge < -0.3 is 9.47 Å². The molecule has 0 amide bonds. The van der Waals surface area contributed by atoms with Crippen molar-refractivity contribution in [1.82, 2.24) is 0 Å². The molecule has 1 aromatic rings. The van der Waals surface area contributed by atoms with Gasteiger partial charge in [-0.1, -0.05) is 0 Å². The summed E-state index contributed by atoms with van der Waals surface area (Å²) >= 11 is 0. The number of ether oxygens (including phenoxy) is 2. The van der Waals surface area contributed by atoms with Crippen LogP contribution in [0.5, 0.6) is 0 Å². The average molecular weight is 360 g/mol. The molecule has 0 aromatic heterocycles. The second-order valence-corrected chi connectivity index (χ2v) is 5.46. The summed E-state index contributed by atoms with van der Waals surface area (Å²) in [5.41, 5.74) is -2.61. The van der Waals surface area contributed by atoms with E-state index in [0.29, 0.717) is 12.1 Å². The predicted octanol–water partition coefficient (Wildman–Crippen LogP) is 2.77. The van der Waals surface area contributed by atoms with Crippen molar-refractivity contribution in [2.45, 2.75) is 25.8 Å². The van der Waals surface area contributed by atoms with Gasteiger partial charge in [-0.2, -0.15) is 13.2 Å². The summed E-state index contributed by atoms with van der Waals surface area (Å²) in [5.74, 6) is -5.01. The molecule has 25 heavy (non-hydrogen) atoms. The molecular weight excluding hydrogens is 349 g/mol. The minimum absolute atomic E-state index is 0.313. The third kappa shape index (κ3) is 4.11. The van der Waals surface area contributed by atoms with Crippen molar-refractivity contribution in [3.63, 3.8) is 0 Å². The number of nitro benzene ring substituents is 1. The van der Waals surface area contributed by atoms with E-state index in [0.717, 1.165) is 12.3 Å². The summed E-state index contributed by atoms with van der Waals surface area (Å²) in [6.07, 6.45) is -4.04. The zero-order valence-electron chi connectivity index (χ0n) is 12.9. The Morgan fingerprint density at radius 2 is 1.80 bits per heavy atom. The van der Waals surface area contributed by atoms with Gasteiger partial charge in [0.2, 0.25) is 0 Å². The first-order valence-corrected chi connectivity index (χ1v) is 6.76. The van der Waals surface area contributed by atoms with Gasteiger partial charge in [0.25, 0.3) is 11.5 Å². The van der Waals surface area contributed by atoms with E-state index in [4.69, 9.17) is 9.47 Å². The zero-order chi connectivity index (χ0) is 19.0. The van der Waals surface area contributed by atoms with E-state index in [-0.39, 0.29) is 0 Å². The van der Waals surface area contributed by atoms with Gasteiger partial charge in [-0.3, -0.25) is 24.7 Å². The fraction of sp³-hybridized carbons (Fsp3) is 0.357. The molecule has 1 heterocycles. The van der Waals surface area contributed by atoms with Crippen LogP contribution in [-0.4, -0.2) is 28.9 Å². The third-order valence-corrected chi connectivity index (χ3v) is 3.06. The molecule has 1 saturated heterocycles. The third-order valence-electron chi connectivity index (χ3n) is 3.06. The minimum atomic E-state index is -4.77. The number of nitrogens with zero attached hydrogens (tertiary/aromatic N) is 2. The number of carbonyl (C=O) groups is 2. The highest BCUT2D eigenvalue weighted by molar-refractivity contribution is 6.10. The summed E-state index contributed by atoms with van der Waals surface area (Å²) in [7, 11) is 0. The van der Waals surface area contributed by atoms with Crippen LogP contribution in [0.1, 0.15) is 19.4 Å². The van der Waals surface area contributed by atoms with Crippen LogP contribution in [-0.2, 0) is 25.2 Å². The van der Waals surface area contributed by atoms with E-state index in [1.165, 1.54) is 13.8 Å². The lowest BCUT2D eigenvalue weighted by atomic mass is 10.1. The van der Waals surface area contributed by atoms with E-state index in [1.807, 2.05) is 0 Å². The topological polar surface area (TPSA) is 108 Å². The van der Waals surface area contributed by atoms with Crippen LogP contribution >= 0.6 is 0 Å². The second-order valence-electron chi connectivity index (χ2n) is 5.46. The smallest absolute Gasteiger partial charge is 0.416 e. The number of nitro groups is 1. The average Bonchev–Trinajstić information content (AvgIpc) is 2.43. The monoisotopic (exact) mass is 360 g/mol. The molecule has 0 bridgehead atoms. The van der Waals surface area contributed by atoms with Crippen LogP contribution in [0.3, 0.4) is 0 Å². The number of halogens is 3. The molecule has 0 saturated carbocycles. The fourth-order valence-corrected chi connectivity index (χ4v) is 1.96. The first-order chi connectivity index (χ1) is 11.4. The maximum Gasteiger partial charge on any atom is 0.416 e. The van der Waals surface area contributed by atoms with Crippen LogP contribution in [0.2, 0.25) is 0 Å². The molecule has 0 atom stereocenters. The molecule has 0 N–H and O–H groups in total. The van der Waals surface area contributed by atoms with Gasteiger partial charge in [-0.15, -0.1) is 0 Å². The largest absolute Gasteiger partial charge is 0.422 e. The molecule has 2 rings (SSSR count). The lowest BCUT2D eigenvalue weighted by Crippen LogP contribution is -2.46. The van der Waals surface area contributed by atoms with Crippen LogP contribution in [0, 0.1) is 16.0 Å². The number of aliphatic imine (C=N–C) groups is 1. The van der Waals surface area contributed by atoms with Gasteiger partial charge in [0, 0.05) is 26.1 Å². The van der Waals surface area contributed by atoms with Crippen molar-refractivity contribution in [2.24, 2.45) is 10.9 Å². The Balaban J connectivity index is 2.34. The SMILES string of the molecule is CC1(C)OC(=O)C(C=Nc2ccc(C(F)(F)F)cc2[N+](=O)[O-])C(=O)O1. The molecule has 11 heteroatoms. The summed E-state index contributed by atoms with van der Waals surface area (Å²) in [6, 6.07) is 1.68. The number of alkyl halides is 3. The molecule has 0 aliphatic carbocycles. The molecule has 1 aliphatic heterocycles. The van der Waals surface area contributed by atoms with Gasteiger partial charge in [0.15, 0.2) is 5.92 Å². The van der Waals surface area contributed by atoms with E-state index in [2.05, 4.69) is 4.99 Å². The normalized spacial score (nSPS) is 18.1. The first kappa shape index (κ1) is 18.4. The molecule has 134 valence electrons. The maximum absolute atomic E-state index is 12.6. The van der Waals surface area contributed by atoms with Gasteiger partial charge >= 0.3 is 18.1 Å². The number of benzene rings is 1. The van der Waals surface area contributed by atoms with Crippen molar-refractivity contribution < 1.29 is 37.2 Å². The maximum atomic E-state index is 12.6. The summed E-state index contributed by atoms with van der Waals surface area (Å²) in [4.78, 5) is 37.0. The van der Waals surface area contributed by atoms with Crippen molar-refractivity contribution >= 4 is 29.5 Å². The van der Waals surface area contributed by atoms with Gasteiger partial charge in [-0.05, 0) is 12.1 Å². The first-order valence-electron chi connectivity index (χ1n) is 6.76. The number of esters is 2. The molecule has 8 nitrogen and oxygen atoms in total. The van der Waals surface area contributed by atoms with E-state index in [1.54, 1.807) is 0 Å². The van der Waals surface area contributed by atoms with E-state index < -0.39 is 51.7 Å². The van der Waals surface area contributed by atoms with Crippen LogP contribution in [0.4, 0.5) is 24.5 Å². The van der Waals surface area contributed by atoms with Crippen molar-refractivity contribution in [3.8, 4) is 0 Å². The Labute approximate surface area is 138 Å². The molecule has 1 fully saturated rings. The van der Waals surface area contributed by atoms with Crippen molar-refractivity contribution in [3.05, 3.63) is 33.9 Å². The van der Waals surface area contributed by atoms with Gasteiger partial charge in [0.05, 0.1) is 10.5 Å². The molecular formula is C14H11F3N2O6. The number of hydrogen-bond acceptors (Lipinski definition) is 7. The highest BCUT2D eigenvalue weighted by Gasteiger charge is 2.42. The Morgan fingerprint density at radius 3 is 2.28 bits per heavy atom. The number of hydrogen-bond donors (Lipinski definition) is 0. The number of carbonyl (C=O) groups excluding carboxylic acids is 2. The fourth-order valence-electron chi connectivity index (χ4n) is 1.96. The van der Waals surface area contributed by atoms with Gasteiger partial charge in [-0.25, -0.2) is 0 Å². The Hall–Kier alpha value is -2.98. The molecule has 0 radical (unpaired) electrons. The summed E-state index contributed by atoms with van der Waals surface area (Å²) in [6.45, 7) is 2.66. The lowest BCUT2D eigenvalue weighted by molar-refractivity contribution is -0.384. The van der Waals surface area contributed by atoms with Crippen molar-refractivity contribution in [1.29, 1.82) is 0 Å². The summed E-state index contributed by atoms with van der Waals surface area (Å²) < 4.78 is 47.6. The molecule has 1 aliphatic rings. The van der Waals surface area contributed by atoms with Crippen LogP contribution < -0.4 is 0 Å². The predicted molar refractivity (Wildman–Crippen MR) is 76.0 cm³/mol. The Kier molecular flexibility index (Phi) is 4.51. The Morgan fingerprint density at radius 1 is 1.24 bits per heavy atom. The minimum Gasteiger partial charge on any atom is -0.422 e. The van der Waals surface area contributed by atoms with Gasteiger partial charge in [0.1, 0.15) is 5.69 Å². The standard InChI is InChI=1S/C14H11F3N2O6/c1-13(2)24-11(20)8(12(21)25-13)6-18-9-4-3-7(14(15,16)17)5-10(9)19(22)23/h3-6,8H,1-2H3. The highest BCUT2D eigenvalue weighted by atomic mass is 19.4. The van der Waals surface area contributed by atoms with Crippen LogP contribution in [0.15, 0.2) is 23.2 Å². The molecule has 0 spiro atoms. The van der Waals surface area contributed by atoms with E-state index >= 15 is 0 Å².